The topological polar surface area (TPSA) is 84.7 Å². The van der Waals surface area contributed by atoms with E-state index >= 15 is 0 Å². The Kier molecular flexibility index (Phi) is 7.13. The molecule has 0 aromatic heterocycles. The number of carbonyl (C=O) groups is 2. The van der Waals surface area contributed by atoms with Crippen molar-refractivity contribution in [1.29, 1.82) is 0 Å². The fourth-order valence-electron chi connectivity index (χ4n) is 2.71. The maximum atomic E-state index is 12.8. The van der Waals surface area contributed by atoms with Crippen LogP contribution in [0.4, 0.5) is 4.79 Å². The van der Waals surface area contributed by atoms with Gasteiger partial charge in [0.25, 0.3) is 0 Å². The number of urea groups is 1. The van der Waals surface area contributed by atoms with Crippen molar-refractivity contribution in [2.45, 2.75) is 65.5 Å². The van der Waals surface area contributed by atoms with Crippen molar-refractivity contribution in [2.75, 3.05) is 19.7 Å². The fourth-order valence-corrected chi connectivity index (χ4v) is 2.71. The highest BCUT2D eigenvalue weighted by Crippen LogP contribution is 2.23. The van der Waals surface area contributed by atoms with E-state index in [0.717, 1.165) is 32.3 Å². The van der Waals surface area contributed by atoms with Crippen LogP contribution in [0.25, 0.3) is 0 Å². The van der Waals surface area contributed by atoms with Crippen molar-refractivity contribution >= 4 is 11.9 Å². The lowest BCUT2D eigenvalue weighted by molar-refractivity contribution is -0.135. The van der Waals surface area contributed by atoms with Crippen LogP contribution in [0.2, 0.25) is 0 Å². The van der Waals surface area contributed by atoms with E-state index < -0.39 is 12.1 Å². The van der Waals surface area contributed by atoms with E-state index in [4.69, 9.17) is 10.5 Å². The van der Waals surface area contributed by atoms with E-state index in [-0.39, 0.29) is 17.4 Å². The van der Waals surface area contributed by atoms with Crippen molar-refractivity contribution in [3.63, 3.8) is 0 Å². The van der Waals surface area contributed by atoms with Crippen molar-refractivity contribution in [3.05, 3.63) is 0 Å². The Morgan fingerprint density at radius 3 is 2.55 bits per heavy atom. The predicted molar refractivity (Wildman–Crippen MR) is 86.4 cm³/mol. The summed E-state index contributed by atoms with van der Waals surface area (Å²) in [6, 6.07) is -1.26. The molecule has 0 unspecified atom stereocenters. The summed E-state index contributed by atoms with van der Waals surface area (Å²) in [6.45, 7) is 10.0. The van der Waals surface area contributed by atoms with Crippen LogP contribution in [-0.2, 0) is 9.53 Å². The van der Waals surface area contributed by atoms with Gasteiger partial charge in [0.2, 0.25) is 5.91 Å². The SMILES string of the molecule is CCCO[C@H]1CCCN(C(=O)[C@H](NC(N)=O)C(C)(C)C)CC1. The Morgan fingerprint density at radius 1 is 1.32 bits per heavy atom. The van der Waals surface area contributed by atoms with Gasteiger partial charge in [0, 0.05) is 19.7 Å². The third-order valence-corrected chi connectivity index (χ3v) is 3.94. The van der Waals surface area contributed by atoms with Crippen LogP contribution < -0.4 is 11.1 Å². The summed E-state index contributed by atoms with van der Waals surface area (Å²) in [6.07, 6.45) is 3.99. The van der Waals surface area contributed by atoms with Gasteiger partial charge in [-0.25, -0.2) is 4.79 Å². The summed E-state index contributed by atoms with van der Waals surface area (Å²) in [7, 11) is 0. The van der Waals surface area contributed by atoms with Gasteiger partial charge in [-0.05, 0) is 31.1 Å². The first kappa shape index (κ1) is 18.7. The summed E-state index contributed by atoms with van der Waals surface area (Å²) in [4.78, 5) is 25.8. The number of hydrogen-bond donors (Lipinski definition) is 2. The van der Waals surface area contributed by atoms with Crippen LogP contribution in [0.15, 0.2) is 0 Å². The molecular formula is C16H31N3O3. The lowest BCUT2D eigenvalue weighted by atomic mass is 9.85. The van der Waals surface area contributed by atoms with Crippen LogP contribution in [0, 0.1) is 5.41 Å². The Labute approximate surface area is 133 Å². The number of nitrogens with two attached hydrogens (primary N) is 1. The molecule has 0 saturated carbocycles. The second-order valence-corrected chi connectivity index (χ2v) is 7.06. The van der Waals surface area contributed by atoms with Crippen molar-refractivity contribution < 1.29 is 14.3 Å². The van der Waals surface area contributed by atoms with Gasteiger partial charge in [-0.15, -0.1) is 0 Å². The van der Waals surface area contributed by atoms with Gasteiger partial charge in [-0.3, -0.25) is 4.79 Å². The summed E-state index contributed by atoms with van der Waals surface area (Å²) in [5, 5.41) is 2.60. The van der Waals surface area contributed by atoms with Crippen LogP contribution >= 0.6 is 0 Å². The minimum absolute atomic E-state index is 0.0533. The molecule has 1 heterocycles. The standard InChI is InChI=1S/C16H31N3O3/c1-5-11-22-12-7-6-9-19(10-8-12)14(20)13(16(2,3)4)18-15(17)21/h12-13H,5-11H2,1-4H3,(H3,17,18,21)/t12-,13-/m0/s1. The average molecular weight is 313 g/mol. The summed E-state index contributed by atoms with van der Waals surface area (Å²) >= 11 is 0. The monoisotopic (exact) mass is 313 g/mol. The van der Waals surface area contributed by atoms with Gasteiger partial charge in [-0.1, -0.05) is 27.7 Å². The molecule has 0 aliphatic carbocycles. The van der Waals surface area contributed by atoms with Gasteiger partial charge < -0.3 is 20.7 Å². The minimum Gasteiger partial charge on any atom is -0.378 e. The summed E-state index contributed by atoms with van der Waals surface area (Å²) in [5.41, 5.74) is 4.85. The summed E-state index contributed by atoms with van der Waals surface area (Å²) in [5.74, 6) is -0.0533. The zero-order chi connectivity index (χ0) is 16.8. The first-order valence-electron chi connectivity index (χ1n) is 8.22. The Hall–Kier alpha value is -1.30. The van der Waals surface area contributed by atoms with E-state index in [9.17, 15) is 9.59 Å². The van der Waals surface area contributed by atoms with Crippen molar-refractivity contribution in [1.82, 2.24) is 10.2 Å². The normalized spacial score (nSPS) is 21.1. The minimum atomic E-state index is -0.660. The van der Waals surface area contributed by atoms with Gasteiger partial charge >= 0.3 is 6.03 Å². The summed E-state index contributed by atoms with van der Waals surface area (Å²) < 4.78 is 5.80. The van der Waals surface area contributed by atoms with Gasteiger partial charge in [0.15, 0.2) is 0 Å². The highest BCUT2D eigenvalue weighted by molar-refractivity contribution is 5.87. The quantitative estimate of drug-likeness (QED) is 0.812. The molecule has 1 aliphatic heterocycles. The molecule has 1 saturated heterocycles. The number of ether oxygens (including phenoxy) is 1. The molecule has 3 N–H and O–H groups in total. The maximum absolute atomic E-state index is 12.8. The molecule has 22 heavy (non-hydrogen) atoms. The molecule has 0 spiro atoms. The van der Waals surface area contributed by atoms with Gasteiger partial charge in [0.05, 0.1) is 6.10 Å². The lowest BCUT2D eigenvalue weighted by Crippen LogP contribution is -2.56. The predicted octanol–water partition coefficient (Wildman–Crippen LogP) is 1.88. The first-order chi connectivity index (χ1) is 10.3. The second-order valence-electron chi connectivity index (χ2n) is 7.06. The van der Waals surface area contributed by atoms with Crippen LogP contribution in [-0.4, -0.2) is 48.7 Å². The number of carbonyl (C=O) groups excluding carboxylic acids is 2. The van der Waals surface area contributed by atoms with Crippen LogP contribution in [0.5, 0.6) is 0 Å². The van der Waals surface area contributed by atoms with Crippen molar-refractivity contribution in [3.8, 4) is 0 Å². The molecule has 1 aliphatic rings. The highest BCUT2D eigenvalue weighted by Gasteiger charge is 2.35. The molecular weight excluding hydrogens is 282 g/mol. The Morgan fingerprint density at radius 2 is 2.00 bits per heavy atom. The zero-order valence-corrected chi connectivity index (χ0v) is 14.4. The zero-order valence-electron chi connectivity index (χ0n) is 14.4. The molecule has 3 amide bonds. The molecule has 1 rings (SSSR count). The first-order valence-corrected chi connectivity index (χ1v) is 8.22. The van der Waals surface area contributed by atoms with Gasteiger partial charge in [0.1, 0.15) is 6.04 Å². The molecule has 128 valence electrons. The number of amides is 3. The van der Waals surface area contributed by atoms with E-state index in [0.29, 0.717) is 13.1 Å². The van der Waals surface area contributed by atoms with Crippen LogP contribution in [0.1, 0.15) is 53.4 Å². The highest BCUT2D eigenvalue weighted by atomic mass is 16.5. The number of nitrogens with one attached hydrogen (secondary N) is 1. The molecule has 6 heteroatoms. The molecule has 1 fully saturated rings. The lowest BCUT2D eigenvalue weighted by Gasteiger charge is -2.34. The van der Waals surface area contributed by atoms with Gasteiger partial charge in [-0.2, -0.15) is 0 Å². The largest absolute Gasteiger partial charge is 0.378 e. The number of rotatable bonds is 5. The third-order valence-electron chi connectivity index (χ3n) is 3.94. The number of hydrogen-bond acceptors (Lipinski definition) is 3. The molecule has 0 aromatic rings. The van der Waals surface area contributed by atoms with Crippen LogP contribution in [0.3, 0.4) is 0 Å². The molecule has 0 radical (unpaired) electrons. The van der Waals surface area contributed by atoms with E-state index in [2.05, 4.69) is 12.2 Å². The maximum Gasteiger partial charge on any atom is 0.312 e. The molecule has 0 bridgehead atoms. The molecule has 0 aromatic carbocycles. The van der Waals surface area contributed by atoms with E-state index in [1.165, 1.54) is 0 Å². The van der Waals surface area contributed by atoms with E-state index in [1.54, 1.807) is 0 Å². The number of likely N-dealkylation sites (tertiary alicyclic amines) is 1. The third kappa shape index (κ3) is 5.83. The molecule has 2 atom stereocenters. The number of nitrogens with zero attached hydrogens (tertiary/aromatic N) is 1. The average Bonchev–Trinajstić information content (AvgIpc) is 2.66. The second kappa shape index (κ2) is 8.36. The fraction of sp³-hybridized carbons (Fsp3) is 0.875. The molecule has 6 nitrogen and oxygen atoms in total. The van der Waals surface area contributed by atoms with Crippen molar-refractivity contribution in [2.24, 2.45) is 11.1 Å². The van der Waals surface area contributed by atoms with E-state index in [1.807, 2.05) is 25.7 Å². The Bertz CT molecular complexity index is 379. The Balaban J connectivity index is 2.68. The smallest absolute Gasteiger partial charge is 0.312 e. The number of primary amides is 1.